The van der Waals surface area contributed by atoms with E-state index in [0.29, 0.717) is 0 Å². The molecule has 0 saturated carbocycles. The molecule has 1 aliphatic rings. The Hall–Kier alpha value is -1.56. The Labute approximate surface area is 156 Å². The molecule has 0 heteroatoms. The van der Waals surface area contributed by atoms with E-state index in [1.165, 1.54) is 83.5 Å². The minimum absolute atomic E-state index is 1.21. The summed E-state index contributed by atoms with van der Waals surface area (Å²) < 4.78 is 0. The Morgan fingerprint density at radius 3 is 0.800 bits per heavy atom. The van der Waals surface area contributed by atoms with Crippen LogP contribution in [0.15, 0.2) is 72.9 Å². The molecule has 0 fully saturated rings. The maximum Gasteiger partial charge on any atom is -0.0348 e. The first kappa shape index (κ1) is 21.5. The lowest BCUT2D eigenvalue weighted by Crippen LogP contribution is -1.82. The van der Waals surface area contributed by atoms with Gasteiger partial charge in [0.1, 0.15) is 0 Å². The van der Waals surface area contributed by atoms with Crippen LogP contribution in [0.25, 0.3) is 0 Å². The van der Waals surface area contributed by atoms with E-state index in [1.807, 2.05) is 0 Å². The summed E-state index contributed by atoms with van der Waals surface area (Å²) in [7, 11) is 0. The highest BCUT2D eigenvalue weighted by molar-refractivity contribution is 5.19. The maximum atomic E-state index is 2.29. The molecule has 0 spiro atoms. The summed E-state index contributed by atoms with van der Waals surface area (Å²) in [4.78, 5) is 0. The second kappa shape index (κ2) is 18.8. The molecule has 0 saturated heterocycles. The Kier molecular flexibility index (Phi) is 16.1. The third-order valence-electron chi connectivity index (χ3n) is 4.51. The van der Waals surface area contributed by atoms with Gasteiger partial charge in [-0.05, 0) is 25.7 Å². The molecule has 0 aromatic carbocycles. The molecular formula is C25H38. The van der Waals surface area contributed by atoms with Gasteiger partial charge in [0.25, 0.3) is 0 Å². The van der Waals surface area contributed by atoms with Crippen LogP contribution < -0.4 is 0 Å². The highest BCUT2D eigenvalue weighted by Crippen LogP contribution is 2.12. The Morgan fingerprint density at radius 1 is 0.240 bits per heavy atom. The van der Waals surface area contributed by atoms with Crippen molar-refractivity contribution in [1.82, 2.24) is 0 Å². The van der Waals surface area contributed by atoms with Crippen molar-refractivity contribution in [3.8, 4) is 0 Å². The third kappa shape index (κ3) is 17.1. The molecule has 0 amide bonds. The van der Waals surface area contributed by atoms with Crippen LogP contribution >= 0.6 is 0 Å². The molecule has 0 heterocycles. The van der Waals surface area contributed by atoms with Gasteiger partial charge in [0, 0.05) is 0 Å². The van der Waals surface area contributed by atoms with Gasteiger partial charge < -0.3 is 0 Å². The standard InChI is InChI=1S/C25H38/c1-2-4-6-8-10-12-14-16-18-20-22-24-25-23-21-19-17-15-13-11-9-7-5-3-1/h1-12H,13-25H2/b3-1-,4-2-,7-5+,8-6+,11-9-,12-10?. The fourth-order valence-electron chi connectivity index (χ4n) is 2.98. The molecule has 138 valence electrons. The molecule has 0 aromatic rings. The smallest absolute Gasteiger partial charge is 0.0348 e. The first-order valence-electron chi connectivity index (χ1n) is 10.5. The van der Waals surface area contributed by atoms with Crippen LogP contribution in [-0.2, 0) is 0 Å². The van der Waals surface area contributed by atoms with Crippen molar-refractivity contribution in [3.63, 3.8) is 0 Å². The fraction of sp³-hybridized carbons (Fsp3) is 0.520. The molecule has 0 radical (unpaired) electrons. The summed E-state index contributed by atoms with van der Waals surface area (Å²) >= 11 is 0. The second-order valence-corrected chi connectivity index (χ2v) is 6.86. The molecule has 0 nitrogen and oxygen atoms in total. The van der Waals surface area contributed by atoms with E-state index in [0.717, 1.165) is 0 Å². The van der Waals surface area contributed by atoms with Crippen molar-refractivity contribution in [1.29, 1.82) is 0 Å². The summed E-state index contributed by atoms with van der Waals surface area (Å²) in [6.45, 7) is 0. The van der Waals surface area contributed by atoms with Gasteiger partial charge in [-0.25, -0.2) is 0 Å². The van der Waals surface area contributed by atoms with Crippen molar-refractivity contribution in [3.05, 3.63) is 72.9 Å². The molecular weight excluding hydrogens is 300 g/mol. The van der Waals surface area contributed by atoms with Crippen LogP contribution in [0.2, 0.25) is 0 Å². The van der Waals surface area contributed by atoms with Gasteiger partial charge in [-0.2, -0.15) is 0 Å². The minimum Gasteiger partial charge on any atom is -0.0845 e. The summed E-state index contributed by atoms with van der Waals surface area (Å²) in [6.07, 6.45) is 43.5. The third-order valence-corrected chi connectivity index (χ3v) is 4.51. The SMILES string of the molecule is C1=CCCCCCCCCCCCCC\C=C/C=C/C=C\C=C/C=C/1. The highest BCUT2D eigenvalue weighted by atomic mass is 14.0. The van der Waals surface area contributed by atoms with Crippen molar-refractivity contribution >= 4 is 0 Å². The minimum atomic E-state index is 1.21. The number of hydrogen-bond acceptors (Lipinski definition) is 0. The Bertz CT molecular complexity index is 401. The summed E-state index contributed by atoms with van der Waals surface area (Å²) in [5.74, 6) is 0. The van der Waals surface area contributed by atoms with Crippen LogP contribution in [0.3, 0.4) is 0 Å². The van der Waals surface area contributed by atoms with Crippen LogP contribution in [0, 0.1) is 0 Å². The average molecular weight is 339 g/mol. The normalized spacial score (nSPS) is 26.6. The lowest BCUT2D eigenvalue weighted by molar-refractivity contribution is 0.547. The molecule has 0 aromatic heterocycles. The van der Waals surface area contributed by atoms with E-state index in [4.69, 9.17) is 0 Å². The van der Waals surface area contributed by atoms with Crippen molar-refractivity contribution in [2.45, 2.75) is 83.5 Å². The second-order valence-electron chi connectivity index (χ2n) is 6.86. The highest BCUT2D eigenvalue weighted by Gasteiger charge is 1.93. The van der Waals surface area contributed by atoms with Crippen LogP contribution in [0.4, 0.5) is 0 Å². The zero-order valence-electron chi connectivity index (χ0n) is 16.1. The van der Waals surface area contributed by atoms with Gasteiger partial charge in [0.15, 0.2) is 0 Å². The van der Waals surface area contributed by atoms with E-state index in [9.17, 15) is 0 Å². The zero-order valence-corrected chi connectivity index (χ0v) is 16.1. The molecule has 0 bridgehead atoms. The van der Waals surface area contributed by atoms with E-state index >= 15 is 0 Å². The molecule has 1 rings (SSSR count). The van der Waals surface area contributed by atoms with E-state index in [2.05, 4.69) is 72.9 Å². The van der Waals surface area contributed by atoms with Gasteiger partial charge in [0.05, 0.1) is 0 Å². The average Bonchev–Trinajstić information content (AvgIpc) is 2.62. The fourth-order valence-corrected chi connectivity index (χ4v) is 2.98. The van der Waals surface area contributed by atoms with Gasteiger partial charge in [0.2, 0.25) is 0 Å². The van der Waals surface area contributed by atoms with Crippen LogP contribution in [-0.4, -0.2) is 0 Å². The van der Waals surface area contributed by atoms with Gasteiger partial charge in [-0.3, -0.25) is 0 Å². The summed E-state index contributed by atoms with van der Waals surface area (Å²) in [6, 6.07) is 0. The van der Waals surface area contributed by atoms with Gasteiger partial charge in [-0.15, -0.1) is 0 Å². The monoisotopic (exact) mass is 338 g/mol. The lowest BCUT2D eigenvalue weighted by atomic mass is 10.0. The van der Waals surface area contributed by atoms with Crippen molar-refractivity contribution in [2.75, 3.05) is 0 Å². The largest absolute Gasteiger partial charge is 0.0845 e. The number of allylic oxidation sites excluding steroid dienone is 12. The quantitative estimate of drug-likeness (QED) is 0.416. The molecule has 1 aliphatic carbocycles. The zero-order chi connectivity index (χ0) is 17.7. The number of hydrogen-bond donors (Lipinski definition) is 0. The molecule has 25 heavy (non-hydrogen) atoms. The van der Waals surface area contributed by atoms with E-state index < -0.39 is 0 Å². The maximum absolute atomic E-state index is 2.29. The predicted molar refractivity (Wildman–Crippen MR) is 115 cm³/mol. The van der Waals surface area contributed by atoms with Gasteiger partial charge in [-0.1, -0.05) is 131 Å². The molecule has 0 unspecified atom stereocenters. The van der Waals surface area contributed by atoms with Crippen molar-refractivity contribution < 1.29 is 0 Å². The van der Waals surface area contributed by atoms with E-state index in [-0.39, 0.29) is 0 Å². The lowest BCUT2D eigenvalue weighted by Gasteiger charge is -2.02. The molecule has 0 N–H and O–H groups in total. The Balaban J connectivity index is 2.30. The van der Waals surface area contributed by atoms with Crippen molar-refractivity contribution in [2.24, 2.45) is 0 Å². The number of rotatable bonds is 0. The first-order valence-corrected chi connectivity index (χ1v) is 10.5. The molecule has 0 atom stereocenters. The summed E-state index contributed by atoms with van der Waals surface area (Å²) in [5, 5.41) is 0. The Morgan fingerprint density at radius 2 is 0.480 bits per heavy atom. The van der Waals surface area contributed by atoms with E-state index in [1.54, 1.807) is 0 Å². The topological polar surface area (TPSA) is 0 Å². The summed E-state index contributed by atoms with van der Waals surface area (Å²) in [5.41, 5.74) is 0. The van der Waals surface area contributed by atoms with Crippen LogP contribution in [0.1, 0.15) is 83.5 Å². The predicted octanol–water partition coefficient (Wildman–Crippen LogP) is 8.41. The molecule has 0 aliphatic heterocycles. The van der Waals surface area contributed by atoms with Gasteiger partial charge >= 0.3 is 0 Å². The first-order chi connectivity index (χ1) is 12.5. The van der Waals surface area contributed by atoms with Crippen LogP contribution in [0.5, 0.6) is 0 Å².